The van der Waals surface area contributed by atoms with Crippen molar-refractivity contribution >= 4 is 40.0 Å². The Morgan fingerprint density at radius 3 is 2.63 bits per heavy atom. The highest BCUT2D eigenvalue weighted by Crippen LogP contribution is 2.12. The summed E-state index contributed by atoms with van der Waals surface area (Å²) in [6.45, 7) is 6.66. The number of hydrogen-bond donors (Lipinski definition) is 4. The van der Waals surface area contributed by atoms with Crippen molar-refractivity contribution in [2.24, 2.45) is 10.9 Å². The number of nitrogens with one attached hydrogen (secondary N) is 3. The van der Waals surface area contributed by atoms with E-state index in [1.165, 1.54) is 7.11 Å². The molecule has 0 aliphatic rings. The maximum Gasteiger partial charge on any atom is 0.240 e. The van der Waals surface area contributed by atoms with Crippen molar-refractivity contribution in [3.05, 3.63) is 29.8 Å². The van der Waals surface area contributed by atoms with Gasteiger partial charge in [-0.1, -0.05) is 25.5 Å². The number of benzene rings is 1. The summed E-state index contributed by atoms with van der Waals surface area (Å²) in [7, 11) is -2.05. The number of sulfonamides is 1. The van der Waals surface area contributed by atoms with Crippen molar-refractivity contribution in [3.63, 3.8) is 0 Å². The Balaban J connectivity index is 0.00000841. The van der Waals surface area contributed by atoms with Crippen LogP contribution < -0.4 is 15.4 Å². The number of nitrogens with zero attached hydrogens (tertiary/aromatic N) is 1. The molecule has 1 unspecified atom stereocenters. The molecule has 1 rings (SSSR count). The third-order valence-corrected chi connectivity index (χ3v) is 5.82. The van der Waals surface area contributed by atoms with Crippen LogP contribution >= 0.6 is 24.0 Å². The second-order valence-electron chi connectivity index (χ2n) is 6.78. The molecule has 1 atom stereocenters. The van der Waals surface area contributed by atoms with Crippen molar-refractivity contribution in [2.75, 3.05) is 40.0 Å². The van der Waals surface area contributed by atoms with Gasteiger partial charge in [0.2, 0.25) is 10.0 Å². The summed E-state index contributed by atoms with van der Waals surface area (Å²) in [5.41, 5.74) is 0.803. The van der Waals surface area contributed by atoms with E-state index in [0.717, 1.165) is 37.9 Å². The predicted octanol–water partition coefficient (Wildman–Crippen LogP) is 2.08. The fraction of sp³-hybridized carbons (Fsp3) is 0.650. The lowest BCUT2D eigenvalue weighted by Gasteiger charge is -2.18. The average Bonchev–Trinajstić information content (AvgIpc) is 2.70. The number of guanidine groups is 1. The van der Waals surface area contributed by atoms with Gasteiger partial charge in [-0.2, -0.15) is 0 Å². The number of ether oxygens (including phenoxy) is 1. The maximum atomic E-state index is 12.4. The van der Waals surface area contributed by atoms with E-state index in [9.17, 15) is 13.5 Å². The first-order chi connectivity index (χ1) is 14.0. The Morgan fingerprint density at radius 1 is 1.23 bits per heavy atom. The highest BCUT2D eigenvalue weighted by atomic mass is 127. The van der Waals surface area contributed by atoms with Crippen LogP contribution in [-0.2, 0) is 21.3 Å². The lowest BCUT2D eigenvalue weighted by atomic mass is 10.0. The van der Waals surface area contributed by atoms with Crippen molar-refractivity contribution in [3.8, 4) is 0 Å². The van der Waals surface area contributed by atoms with Crippen molar-refractivity contribution in [2.45, 2.75) is 44.6 Å². The molecule has 1 aromatic carbocycles. The second kappa shape index (κ2) is 16.7. The van der Waals surface area contributed by atoms with Crippen LogP contribution in [0.15, 0.2) is 34.2 Å². The maximum absolute atomic E-state index is 12.4. The summed E-state index contributed by atoms with van der Waals surface area (Å²) >= 11 is 0. The molecule has 4 N–H and O–H groups in total. The van der Waals surface area contributed by atoms with Gasteiger partial charge in [0.25, 0.3) is 0 Å². The highest BCUT2D eigenvalue weighted by molar-refractivity contribution is 14.0. The fourth-order valence-electron chi connectivity index (χ4n) is 2.86. The first-order valence-electron chi connectivity index (χ1n) is 10.2. The smallest absolute Gasteiger partial charge is 0.240 e. The number of aliphatic hydroxyl groups excluding tert-OH is 1. The van der Waals surface area contributed by atoms with Crippen LogP contribution in [0.25, 0.3) is 0 Å². The first-order valence-corrected chi connectivity index (χ1v) is 11.7. The average molecular weight is 557 g/mol. The normalized spacial score (nSPS) is 12.9. The predicted molar refractivity (Wildman–Crippen MR) is 132 cm³/mol. The Bertz CT molecular complexity index is 711. The summed E-state index contributed by atoms with van der Waals surface area (Å²) in [5, 5.41) is 15.7. The van der Waals surface area contributed by atoms with E-state index in [1.807, 2.05) is 13.0 Å². The second-order valence-corrected chi connectivity index (χ2v) is 8.55. The van der Waals surface area contributed by atoms with Crippen LogP contribution in [0, 0.1) is 5.92 Å². The number of aliphatic imine (C=N–C) groups is 1. The van der Waals surface area contributed by atoms with E-state index in [-0.39, 0.29) is 42.0 Å². The third kappa shape index (κ3) is 11.4. The van der Waals surface area contributed by atoms with Crippen LogP contribution in [0.3, 0.4) is 0 Å². The molecule has 0 fully saturated rings. The topological polar surface area (TPSA) is 112 Å². The number of rotatable bonds is 14. The van der Waals surface area contributed by atoms with Crippen molar-refractivity contribution in [1.29, 1.82) is 0 Å². The number of methoxy groups -OCH3 is 1. The van der Waals surface area contributed by atoms with Gasteiger partial charge in [0.05, 0.1) is 18.0 Å². The van der Waals surface area contributed by atoms with E-state index >= 15 is 0 Å². The first kappa shape index (κ1) is 29.1. The monoisotopic (exact) mass is 556 g/mol. The van der Waals surface area contributed by atoms with Gasteiger partial charge in [0.15, 0.2) is 5.96 Å². The molecule has 0 radical (unpaired) electrons. The Hall–Kier alpha value is -0.950. The van der Waals surface area contributed by atoms with E-state index in [1.54, 1.807) is 18.2 Å². The Labute approximate surface area is 198 Å². The molecule has 10 heteroatoms. The highest BCUT2D eigenvalue weighted by Gasteiger charge is 2.14. The molecule has 0 spiro atoms. The minimum absolute atomic E-state index is 0. The van der Waals surface area contributed by atoms with Gasteiger partial charge in [0, 0.05) is 33.4 Å². The lowest BCUT2D eigenvalue weighted by molar-refractivity contribution is 0.204. The molecule has 1 aromatic rings. The number of aliphatic hydroxyl groups is 1. The molecule has 0 saturated carbocycles. The molecule has 30 heavy (non-hydrogen) atoms. The molecule has 0 aromatic heterocycles. The van der Waals surface area contributed by atoms with Gasteiger partial charge in [-0.3, -0.25) is 0 Å². The summed E-state index contributed by atoms with van der Waals surface area (Å²) in [6.07, 6.45) is 2.87. The number of hydrogen-bond acceptors (Lipinski definition) is 5. The quantitative estimate of drug-likeness (QED) is 0.121. The molecule has 0 heterocycles. The zero-order valence-corrected chi connectivity index (χ0v) is 21.3. The van der Waals surface area contributed by atoms with Crippen LogP contribution in [0.2, 0.25) is 0 Å². The molecule has 8 nitrogen and oxygen atoms in total. The van der Waals surface area contributed by atoms with Gasteiger partial charge in [-0.15, -0.1) is 24.0 Å². The molecule has 0 aliphatic heterocycles. The van der Waals surface area contributed by atoms with Crippen molar-refractivity contribution < 1.29 is 18.3 Å². The fourth-order valence-corrected chi connectivity index (χ4v) is 3.95. The number of halogens is 1. The minimum Gasteiger partial charge on any atom is -0.396 e. The Morgan fingerprint density at radius 2 is 2.00 bits per heavy atom. The summed E-state index contributed by atoms with van der Waals surface area (Å²) in [5.74, 6) is 1.07. The molecular weight excluding hydrogens is 519 g/mol. The van der Waals surface area contributed by atoms with E-state index < -0.39 is 10.0 Å². The van der Waals surface area contributed by atoms with E-state index in [0.29, 0.717) is 25.0 Å². The van der Waals surface area contributed by atoms with Crippen LogP contribution in [0.1, 0.15) is 38.7 Å². The summed E-state index contributed by atoms with van der Waals surface area (Å²) in [6, 6.07) is 6.77. The molecular formula is C20H37IN4O4S. The van der Waals surface area contributed by atoms with Gasteiger partial charge in [-0.25, -0.2) is 18.1 Å². The SMILES string of the molecule is CCCC(CCO)CNC(=NCc1cccc(S(=O)(=O)NCCOC)c1)NCC.I. The van der Waals surface area contributed by atoms with Gasteiger partial charge < -0.3 is 20.5 Å². The standard InChI is InChI=1S/C20H36N4O4S.HI/c1-4-7-17(10-12-25)15-22-20(21-5-2)23-16-18-8-6-9-19(14-18)29(26,27)24-11-13-28-3;/h6,8-9,14,17,24-25H,4-5,7,10-13,15-16H2,1-3H3,(H2,21,22,23);1H. The minimum atomic E-state index is -3.57. The molecule has 0 saturated heterocycles. The third-order valence-electron chi connectivity index (χ3n) is 4.36. The zero-order valence-electron chi connectivity index (χ0n) is 18.2. The summed E-state index contributed by atoms with van der Waals surface area (Å²) < 4.78 is 32.1. The molecule has 0 bridgehead atoms. The summed E-state index contributed by atoms with van der Waals surface area (Å²) in [4.78, 5) is 4.78. The Kier molecular flexibility index (Phi) is 16.2. The van der Waals surface area contributed by atoms with Crippen molar-refractivity contribution in [1.82, 2.24) is 15.4 Å². The van der Waals surface area contributed by atoms with E-state index in [4.69, 9.17) is 4.74 Å². The molecule has 0 aliphatic carbocycles. The van der Waals surface area contributed by atoms with Gasteiger partial charge >= 0.3 is 0 Å². The molecule has 0 amide bonds. The van der Waals surface area contributed by atoms with Crippen LogP contribution in [-0.4, -0.2) is 59.4 Å². The van der Waals surface area contributed by atoms with Crippen LogP contribution in [0.4, 0.5) is 0 Å². The van der Waals surface area contributed by atoms with Gasteiger partial charge in [0.1, 0.15) is 0 Å². The van der Waals surface area contributed by atoms with Crippen LogP contribution in [0.5, 0.6) is 0 Å². The lowest BCUT2D eigenvalue weighted by Crippen LogP contribution is -2.40. The van der Waals surface area contributed by atoms with Gasteiger partial charge in [-0.05, 0) is 43.4 Å². The zero-order chi connectivity index (χ0) is 21.5. The largest absolute Gasteiger partial charge is 0.396 e. The van der Waals surface area contributed by atoms with E-state index in [2.05, 4.69) is 27.3 Å². The molecule has 174 valence electrons.